The first kappa shape index (κ1) is 12.1. The van der Waals surface area contributed by atoms with Gasteiger partial charge in [-0.3, -0.25) is 10.2 Å². The molecule has 4 nitrogen and oxygen atoms in total. The molecule has 1 amide bonds. The van der Waals surface area contributed by atoms with E-state index in [0.717, 1.165) is 31.5 Å². The number of carbonyl (C=O) groups excluding carboxylic acids is 1. The minimum atomic E-state index is -0.585. The molecule has 1 aliphatic heterocycles. The second kappa shape index (κ2) is 5.80. The van der Waals surface area contributed by atoms with Crippen molar-refractivity contribution in [3.8, 4) is 0 Å². The highest BCUT2D eigenvalue weighted by molar-refractivity contribution is 5.82. The quantitative estimate of drug-likeness (QED) is 0.825. The Morgan fingerprint density at radius 3 is 2.47 bits per heavy atom. The first-order valence-electron chi connectivity index (χ1n) is 6.13. The summed E-state index contributed by atoms with van der Waals surface area (Å²) in [5.41, 5.74) is 9.65. The van der Waals surface area contributed by atoms with E-state index in [1.54, 1.807) is 0 Å². The Morgan fingerprint density at radius 2 is 1.82 bits per heavy atom. The second-order valence-electron chi connectivity index (χ2n) is 4.41. The maximum Gasteiger partial charge on any atom is 0.255 e. The highest BCUT2D eigenvalue weighted by Crippen LogP contribution is 2.11. The third kappa shape index (κ3) is 3.28. The molecule has 92 valence electrons. The van der Waals surface area contributed by atoms with Crippen molar-refractivity contribution < 1.29 is 4.79 Å². The normalized spacial score (nSPS) is 18.6. The number of benzene rings is 1. The number of amides is 1. The summed E-state index contributed by atoms with van der Waals surface area (Å²) in [6.45, 7) is 1.85. The van der Waals surface area contributed by atoms with E-state index < -0.39 is 6.04 Å². The maximum absolute atomic E-state index is 11.9. The van der Waals surface area contributed by atoms with Gasteiger partial charge in [0.05, 0.1) is 0 Å². The van der Waals surface area contributed by atoms with E-state index in [0.29, 0.717) is 0 Å². The summed E-state index contributed by atoms with van der Waals surface area (Å²) >= 11 is 0. The van der Waals surface area contributed by atoms with E-state index in [4.69, 9.17) is 5.73 Å². The van der Waals surface area contributed by atoms with E-state index in [2.05, 4.69) is 5.43 Å². The molecule has 17 heavy (non-hydrogen) atoms. The predicted octanol–water partition coefficient (Wildman–Crippen LogP) is 1.20. The molecule has 0 bridgehead atoms. The van der Waals surface area contributed by atoms with Crippen LogP contribution in [0.4, 0.5) is 0 Å². The van der Waals surface area contributed by atoms with Gasteiger partial charge in [0.25, 0.3) is 5.91 Å². The number of hydrogen-bond donors (Lipinski definition) is 2. The molecule has 1 heterocycles. The molecule has 4 heteroatoms. The van der Waals surface area contributed by atoms with Crippen LogP contribution in [-0.4, -0.2) is 24.0 Å². The average molecular weight is 233 g/mol. The van der Waals surface area contributed by atoms with Crippen LogP contribution in [-0.2, 0) is 4.79 Å². The van der Waals surface area contributed by atoms with Gasteiger partial charge in [0.15, 0.2) is 0 Å². The number of rotatable bonds is 3. The fourth-order valence-electron chi connectivity index (χ4n) is 2.04. The summed E-state index contributed by atoms with van der Waals surface area (Å²) in [5.74, 6) is -0.127. The van der Waals surface area contributed by atoms with Crippen molar-refractivity contribution in [2.75, 3.05) is 13.1 Å². The zero-order valence-corrected chi connectivity index (χ0v) is 9.93. The largest absolute Gasteiger partial charge is 0.316 e. The van der Waals surface area contributed by atoms with Crippen LogP contribution < -0.4 is 11.2 Å². The zero-order valence-electron chi connectivity index (χ0n) is 9.93. The van der Waals surface area contributed by atoms with Crippen molar-refractivity contribution in [2.24, 2.45) is 5.73 Å². The first-order chi connectivity index (χ1) is 8.27. The van der Waals surface area contributed by atoms with Crippen LogP contribution >= 0.6 is 0 Å². The van der Waals surface area contributed by atoms with Gasteiger partial charge in [-0.2, -0.15) is 0 Å². The number of nitrogens with one attached hydrogen (secondary N) is 1. The minimum absolute atomic E-state index is 0.127. The summed E-state index contributed by atoms with van der Waals surface area (Å²) in [7, 11) is 0. The van der Waals surface area contributed by atoms with Gasteiger partial charge in [0.1, 0.15) is 6.04 Å². The molecule has 0 saturated carbocycles. The Kier molecular flexibility index (Phi) is 4.12. The first-order valence-corrected chi connectivity index (χ1v) is 6.13. The standard InChI is InChI=1S/C13H19N3O/c14-12(11-7-3-1-4-8-11)13(17)15-16-9-5-2-6-10-16/h1,3-4,7-8,12H,2,5-6,9-10,14H2,(H,15,17). The lowest BCUT2D eigenvalue weighted by Gasteiger charge is -2.28. The molecule has 0 aromatic heterocycles. The Bertz CT molecular complexity index is 360. The molecule has 1 unspecified atom stereocenters. The molecule has 1 aliphatic rings. The molecule has 1 aromatic rings. The number of piperidine rings is 1. The van der Waals surface area contributed by atoms with Crippen LogP contribution in [0, 0.1) is 0 Å². The van der Waals surface area contributed by atoms with Gasteiger partial charge in [-0.05, 0) is 18.4 Å². The van der Waals surface area contributed by atoms with Crippen molar-refractivity contribution >= 4 is 5.91 Å². The van der Waals surface area contributed by atoms with Gasteiger partial charge >= 0.3 is 0 Å². The van der Waals surface area contributed by atoms with Crippen LogP contribution in [0.3, 0.4) is 0 Å². The van der Waals surface area contributed by atoms with E-state index >= 15 is 0 Å². The molecule has 3 N–H and O–H groups in total. The lowest BCUT2D eigenvalue weighted by atomic mass is 10.1. The highest BCUT2D eigenvalue weighted by atomic mass is 16.2. The molecule has 1 aromatic carbocycles. The van der Waals surface area contributed by atoms with Crippen molar-refractivity contribution in [2.45, 2.75) is 25.3 Å². The molecule has 1 fully saturated rings. The second-order valence-corrected chi connectivity index (χ2v) is 4.41. The zero-order chi connectivity index (χ0) is 12.1. The van der Waals surface area contributed by atoms with Gasteiger partial charge in [-0.25, -0.2) is 5.01 Å². The predicted molar refractivity (Wildman–Crippen MR) is 66.9 cm³/mol. The van der Waals surface area contributed by atoms with Crippen LogP contribution in [0.2, 0.25) is 0 Å². The fourth-order valence-corrected chi connectivity index (χ4v) is 2.04. The SMILES string of the molecule is NC(C(=O)NN1CCCCC1)c1ccccc1. The molecule has 0 aliphatic carbocycles. The number of carbonyl (C=O) groups is 1. The summed E-state index contributed by atoms with van der Waals surface area (Å²) < 4.78 is 0. The van der Waals surface area contributed by atoms with Gasteiger partial charge in [-0.1, -0.05) is 36.8 Å². The van der Waals surface area contributed by atoms with E-state index in [1.807, 2.05) is 35.3 Å². The molecule has 0 spiro atoms. The molecule has 1 atom stereocenters. The van der Waals surface area contributed by atoms with Crippen LogP contribution in [0.25, 0.3) is 0 Å². The topological polar surface area (TPSA) is 58.4 Å². The molecule has 2 rings (SSSR count). The van der Waals surface area contributed by atoms with E-state index in [9.17, 15) is 4.79 Å². The summed E-state index contributed by atoms with van der Waals surface area (Å²) in [6.07, 6.45) is 3.53. The summed E-state index contributed by atoms with van der Waals surface area (Å²) in [4.78, 5) is 11.9. The van der Waals surface area contributed by atoms with Crippen LogP contribution in [0.15, 0.2) is 30.3 Å². The van der Waals surface area contributed by atoms with Gasteiger partial charge in [0.2, 0.25) is 0 Å². The number of nitrogens with zero attached hydrogens (tertiary/aromatic N) is 1. The minimum Gasteiger partial charge on any atom is -0.316 e. The Balaban J connectivity index is 1.91. The lowest BCUT2D eigenvalue weighted by Crippen LogP contribution is -2.48. The number of hydrogen-bond acceptors (Lipinski definition) is 3. The molecule has 1 saturated heterocycles. The van der Waals surface area contributed by atoms with Gasteiger partial charge < -0.3 is 5.73 Å². The highest BCUT2D eigenvalue weighted by Gasteiger charge is 2.19. The number of nitrogens with two attached hydrogens (primary N) is 1. The Hall–Kier alpha value is -1.39. The maximum atomic E-state index is 11.9. The summed E-state index contributed by atoms with van der Waals surface area (Å²) in [5, 5.41) is 1.97. The van der Waals surface area contributed by atoms with Crippen molar-refractivity contribution in [1.82, 2.24) is 10.4 Å². The van der Waals surface area contributed by atoms with Crippen LogP contribution in [0.5, 0.6) is 0 Å². The van der Waals surface area contributed by atoms with Gasteiger partial charge in [0, 0.05) is 13.1 Å². The molecular weight excluding hydrogens is 214 g/mol. The van der Waals surface area contributed by atoms with Crippen molar-refractivity contribution in [3.05, 3.63) is 35.9 Å². The Morgan fingerprint density at radius 1 is 1.18 bits per heavy atom. The molecular formula is C13H19N3O. The molecule has 0 radical (unpaired) electrons. The third-order valence-electron chi connectivity index (χ3n) is 3.07. The smallest absolute Gasteiger partial charge is 0.255 e. The lowest BCUT2D eigenvalue weighted by molar-refractivity contribution is -0.127. The summed E-state index contributed by atoms with van der Waals surface area (Å²) in [6, 6.07) is 8.87. The monoisotopic (exact) mass is 233 g/mol. The van der Waals surface area contributed by atoms with E-state index in [-0.39, 0.29) is 5.91 Å². The fraction of sp³-hybridized carbons (Fsp3) is 0.462. The van der Waals surface area contributed by atoms with Crippen molar-refractivity contribution in [1.29, 1.82) is 0 Å². The third-order valence-corrected chi connectivity index (χ3v) is 3.07. The number of hydrazine groups is 1. The van der Waals surface area contributed by atoms with Gasteiger partial charge in [-0.15, -0.1) is 0 Å². The Labute approximate surface area is 102 Å². The van der Waals surface area contributed by atoms with E-state index in [1.165, 1.54) is 6.42 Å². The van der Waals surface area contributed by atoms with Crippen molar-refractivity contribution in [3.63, 3.8) is 0 Å². The average Bonchev–Trinajstić information content (AvgIpc) is 2.40. The van der Waals surface area contributed by atoms with Crippen LogP contribution in [0.1, 0.15) is 30.9 Å².